The first kappa shape index (κ1) is 19.1. The number of carbonyl (C=O) groups excluding carboxylic acids is 1. The Morgan fingerprint density at radius 3 is 2.29 bits per heavy atom. The Morgan fingerprint density at radius 2 is 1.54 bits per heavy atom. The number of hydrogen-bond acceptors (Lipinski definition) is 4. The minimum Gasteiger partial charge on any atom is -0.312 e. The molecule has 2 aromatic carbocycles. The summed E-state index contributed by atoms with van der Waals surface area (Å²) < 4.78 is 26.9. The second kappa shape index (κ2) is 8.03. The van der Waals surface area contributed by atoms with E-state index < -0.39 is 10.0 Å². The predicted molar refractivity (Wildman–Crippen MR) is 109 cm³/mol. The van der Waals surface area contributed by atoms with Gasteiger partial charge in [-0.2, -0.15) is 4.31 Å². The van der Waals surface area contributed by atoms with Gasteiger partial charge in [0.25, 0.3) is 0 Å². The summed E-state index contributed by atoms with van der Waals surface area (Å²) >= 11 is 0. The SMILES string of the molecule is O=C(CCN1CCN(S(=O)(=O)c2ccccc2)CC1)N1CCc2ccccc21. The molecular weight excluding hydrogens is 374 g/mol. The Bertz CT molecular complexity index is 938. The lowest BCUT2D eigenvalue weighted by molar-refractivity contribution is -0.118. The zero-order valence-electron chi connectivity index (χ0n) is 15.8. The van der Waals surface area contributed by atoms with Gasteiger partial charge in [-0.25, -0.2) is 8.42 Å². The summed E-state index contributed by atoms with van der Waals surface area (Å²) in [5, 5.41) is 0. The Balaban J connectivity index is 1.29. The molecule has 148 valence electrons. The fraction of sp³-hybridized carbons (Fsp3) is 0.381. The molecule has 2 aromatic rings. The highest BCUT2D eigenvalue weighted by Crippen LogP contribution is 2.28. The van der Waals surface area contributed by atoms with Gasteiger partial charge in [0.15, 0.2) is 0 Å². The quantitative estimate of drug-likeness (QED) is 0.771. The lowest BCUT2D eigenvalue weighted by atomic mass is 10.2. The molecule has 0 aliphatic carbocycles. The predicted octanol–water partition coefficient (Wildman–Crippen LogP) is 1.97. The Morgan fingerprint density at radius 1 is 0.857 bits per heavy atom. The molecule has 7 heteroatoms. The number of hydrogen-bond donors (Lipinski definition) is 0. The first-order valence-corrected chi connectivity index (χ1v) is 11.2. The van der Waals surface area contributed by atoms with E-state index in [1.807, 2.05) is 29.2 Å². The fourth-order valence-electron chi connectivity index (χ4n) is 3.92. The number of anilines is 1. The zero-order valence-corrected chi connectivity index (χ0v) is 16.6. The topological polar surface area (TPSA) is 60.9 Å². The third kappa shape index (κ3) is 3.83. The van der Waals surface area contributed by atoms with Crippen LogP contribution in [0.4, 0.5) is 5.69 Å². The monoisotopic (exact) mass is 399 g/mol. The highest BCUT2D eigenvalue weighted by Gasteiger charge is 2.29. The fourth-order valence-corrected chi connectivity index (χ4v) is 5.36. The van der Waals surface area contributed by atoms with Crippen LogP contribution < -0.4 is 4.90 Å². The number of nitrogens with zero attached hydrogens (tertiary/aromatic N) is 3. The van der Waals surface area contributed by atoms with E-state index in [-0.39, 0.29) is 5.91 Å². The van der Waals surface area contributed by atoms with Crippen LogP contribution in [0.1, 0.15) is 12.0 Å². The van der Waals surface area contributed by atoms with Crippen LogP contribution in [0.25, 0.3) is 0 Å². The van der Waals surface area contributed by atoms with Crippen molar-refractivity contribution >= 4 is 21.6 Å². The number of amides is 1. The summed E-state index contributed by atoms with van der Waals surface area (Å²) in [6, 6.07) is 16.6. The molecular formula is C21H25N3O3S. The van der Waals surface area contributed by atoms with Crippen molar-refractivity contribution in [1.82, 2.24) is 9.21 Å². The van der Waals surface area contributed by atoms with E-state index in [4.69, 9.17) is 0 Å². The summed E-state index contributed by atoms with van der Waals surface area (Å²) in [5.74, 6) is 0.143. The summed E-state index contributed by atoms with van der Waals surface area (Å²) in [6.07, 6.45) is 1.37. The molecule has 2 aliphatic rings. The van der Waals surface area contributed by atoms with Crippen molar-refractivity contribution in [1.29, 1.82) is 0 Å². The lowest BCUT2D eigenvalue weighted by Gasteiger charge is -2.34. The van der Waals surface area contributed by atoms with Gasteiger partial charge in [0.2, 0.25) is 15.9 Å². The van der Waals surface area contributed by atoms with Gasteiger partial charge in [-0.1, -0.05) is 36.4 Å². The molecule has 4 rings (SSSR count). The van der Waals surface area contributed by atoms with Crippen LogP contribution in [0.2, 0.25) is 0 Å². The van der Waals surface area contributed by atoms with Gasteiger partial charge in [-0.3, -0.25) is 4.79 Å². The summed E-state index contributed by atoms with van der Waals surface area (Å²) in [7, 11) is -3.43. The Kier molecular flexibility index (Phi) is 5.48. The van der Waals surface area contributed by atoms with E-state index in [0.717, 1.165) is 18.7 Å². The molecule has 0 unspecified atom stereocenters. The minimum atomic E-state index is -3.43. The van der Waals surface area contributed by atoms with Gasteiger partial charge in [0, 0.05) is 51.4 Å². The smallest absolute Gasteiger partial charge is 0.243 e. The van der Waals surface area contributed by atoms with Crippen LogP contribution in [0, 0.1) is 0 Å². The Hall–Kier alpha value is -2.22. The van der Waals surface area contributed by atoms with Gasteiger partial charge in [-0.05, 0) is 30.2 Å². The van der Waals surface area contributed by atoms with Crippen LogP contribution >= 0.6 is 0 Å². The van der Waals surface area contributed by atoms with Gasteiger partial charge < -0.3 is 9.80 Å². The van der Waals surface area contributed by atoms with Crippen molar-refractivity contribution in [2.75, 3.05) is 44.2 Å². The summed E-state index contributed by atoms with van der Waals surface area (Å²) in [4.78, 5) is 17.0. The average molecular weight is 400 g/mol. The van der Waals surface area contributed by atoms with Crippen LogP contribution in [0.3, 0.4) is 0 Å². The molecule has 2 aliphatic heterocycles. The van der Waals surface area contributed by atoms with Crippen molar-refractivity contribution in [3.63, 3.8) is 0 Å². The average Bonchev–Trinajstić information content (AvgIpc) is 3.17. The third-order valence-corrected chi connectivity index (χ3v) is 7.46. The largest absolute Gasteiger partial charge is 0.312 e. The molecule has 0 bridgehead atoms. The Labute approximate surface area is 166 Å². The van der Waals surface area contributed by atoms with Crippen molar-refractivity contribution in [2.45, 2.75) is 17.7 Å². The molecule has 0 radical (unpaired) electrons. The van der Waals surface area contributed by atoms with Crippen LogP contribution in [-0.4, -0.2) is 62.8 Å². The first-order chi connectivity index (χ1) is 13.6. The number of piperazine rings is 1. The first-order valence-electron chi connectivity index (χ1n) is 9.71. The number of para-hydroxylation sites is 1. The third-order valence-electron chi connectivity index (χ3n) is 5.54. The molecule has 28 heavy (non-hydrogen) atoms. The second-order valence-electron chi connectivity index (χ2n) is 7.23. The zero-order chi connectivity index (χ0) is 19.6. The summed E-state index contributed by atoms with van der Waals surface area (Å²) in [5.41, 5.74) is 2.27. The highest BCUT2D eigenvalue weighted by molar-refractivity contribution is 7.89. The van der Waals surface area contributed by atoms with E-state index in [1.54, 1.807) is 24.3 Å². The number of fused-ring (bicyclic) bond motifs is 1. The van der Waals surface area contributed by atoms with Gasteiger partial charge in [-0.15, -0.1) is 0 Å². The molecule has 6 nitrogen and oxygen atoms in total. The second-order valence-corrected chi connectivity index (χ2v) is 9.17. The van der Waals surface area contributed by atoms with E-state index in [0.29, 0.717) is 44.0 Å². The van der Waals surface area contributed by atoms with Crippen molar-refractivity contribution < 1.29 is 13.2 Å². The van der Waals surface area contributed by atoms with Crippen molar-refractivity contribution in [2.24, 2.45) is 0 Å². The van der Waals surface area contributed by atoms with E-state index in [9.17, 15) is 13.2 Å². The maximum absolute atomic E-state index is 12.7. The van der Waals surface area contributed by atoms with Crippen LogP contribution in [0.5, 0.6) is 0 Å². The highest BCUT2D eigenvalue weighted by atomic mass is 32.2. The maximum Gasteiger partial charge on any atom is 0.243 e. The minimum absolute atomic E-state index is 0.143. The van der Waals surface area contributed by atoms with Crippen molar-refractivity contribution in [3.8, 4) is 0 Å². The standard InChI is InChI=1S/C21H25N3O3S/c25-21(24-13-10-18-6-4-5-9-20(18)24)11-12-22-14-16-23(17-15-22)28(26,27)19-7-2-1-3-8-19/h1-9H,10-17H2. The number of benzene rings is 2. The van der Waals surface area contributed by atoms with Crippen molar-refractivity contribution in [3.05, 3.63) is 60.2 Å². The normalized spacial score (nSPS) is 18.2. The van der Waals surface area contributed by atoms with E-state index in [1.165, 1.54) is 9.87 Å². The van der Waals surface area contributed by atoms with Gasteiger partial charge in [0.1, 0.15) is 0 Å². The molecule has 2 heterocycles. The van der Waals surface area contributed by atoms with Crippen LogP contribution in [0.15, 0.2) is 59.5 Å². The molecule has 0 atom stereocenters. The summed E-state index contributed by atoms with van der Waals surface area (Å²) in [6.45, 7) is 3.62. The lowest BCUT2D eigenvalue weighted by Crippen LogP contribution is -2.49. The molecule has 0 N–H and O–H groups in total. The molecule has 0 saturated carbocycles. The number of rotatable bonds is 5. The van der Waals surface area contributed by atoms with E-state index in [2.05, 4.69) is 11.0 Å². The maximum atomic E-state index is 12.7. The molecule has 0 aromatic heterocycles. The molecule has 0 spiro atoms. The molecule has 1 amide bonds. The number of sulfonamides is 1. The molecule has 1 fully saturated rings. The number of carbonyl (C=O) groups is 1. The van der Waals surface area contributed by atoms with Crippen LogP contribution in [-0.2, 0) is 21.2 Å². The van der Waals surface area contributed by atoms with Gasteiger partial charge in [0.05, 0.1) is 4.90 Å². The van der Waals surface area contributed by atoms with E-state index >= 15 is 0 Å². The molecule has 1 saturated heterocycles. The van der Waals surface area contributed by atoms with Gasteiger partial charge >= 0.3 is 0 Å².